The summed E-state index contributed by atoms with van der Waals surface area (Å²) in [6, 6.07) is 11.5. The lowest BCUT2D eigenvalue weighted by atomic mass is 10.1. The number of aromatic nitrogens is 1. The maximum Gasteiger partial charge on any atom is 0.219 e. The Morgan fingerprint density at radius 2 is 1.83 bits per heavy atom. The molecule has 2 N–H and O–H groups in total. The lowest BCUT2D eigenvalue weighted by molar-refractivity contribution is 0.232. The molecule has 0 unspecified atom stereocenters. The van der Waals surface area contributed by atoms with Crippen LogP contribution in [0, 0.1) is 0 Å². The average Bonchev–Trinajstić information content (AvgIpc) is 2.78. The number of likely N-dealkylation sites (tertiary alicyclic amines) is 1. The van der Waals surface area contributed by atoms with Gasteiger partial charge in [0.2, 0.25) is 5.88 Å². The molecule has 3 rings (SSSR count). The number of nitrogens with one attached hydrogen (secondary N) is 2. The number of guanidine groups is 1. The number of benzene rings is 1. The van der Waals surface area contributed by atoms with Gasteiger partial charge in [0.1, 0.15) is 11.5 Å². The molecule has 2 aromatic rings. The lowest BCUT2D eigenvalue weighted by Gasteiger charge is -2.26. The highest BCUT2D eigenvalue weighted by Crippen LogP contribution is 2.23. The molecular weight excluding hydrogens is 378 g/mol. The van der Waals surface area contributed by atoms with Crippen molar-refractivity contribution in [2.75, 3.05) is 39.8 Å². The minimum absolute atomic E-state index is 0.562. The first-order valence-corrected chi connectivity index (χ1v) is 10.8. The Labute approximate surface area is 179 Å². The predicted molar refractivity (Wildman–Crippen MR) is 120 cm³/mol. The second-order valence-electron chi connectivity index (χ2n) is 7.26. The SMILES string of the molecule is CCOc1ccc(Oc2cc(CNC(=NC)NCCN3CCCCC3)ccn2)cc1. The van der Waals surface area contributed by atoms with Crippen LogP contribution in [0.15, 0.2) is 47.6 Å². The summed E-state index contributed by atoms with van der Waals surface area (Å²) in [7, 11) is 1.79. The van der Waals surface area contributed by atoms with Crippen LogP contribution >= 0.6 is 0 Å². The van der Waals surface area contributed by atoms with Gasteiger partial charge in [0.15, 0.2) is 5.96 Å². The molecule has 0 saturated carbocycles. The Morgan fingerprint density at radius 1 is 1.07 bits per heavy atom. The minimum atomic E-state index is 0.562. The Kier molecular flexibility index (Phi) is 8.78. The molecule has 30 heavy (non-hydrogen) atoms. The summed E-state index contributed by atoms with van der Waals surface area (Å²) in [6.45, 7) is 7.62. The molecule has 162 valence electrons. The smallest absolute Gasteiger partial charge is 0.219 e. The minimum Gasteiger partial charge on any atom is -0.494 e. The summed E-state index contributed by atoms with van der Waals surface area (Å²) in [5.41, 5.74) is 1.07. The lowest BCUT2D eigenvalue weighted by Crippen LogP contribution is -2.42. The van der Waals surface area contributed by atoms with Crippen LogP contribution in [0.1, 0.15) is 31.7 Å². The molecule has 0 radical (unpaired) electrons. The molecule has 0 spiro atoms. The summed E-state index contributed by atoms with van der Waals surface area (Å²) in [5, 5.41) is 6.75. The van der Waals surface area contributed by atoms with Gasteiger partial charge in [-0.25, -0.2) is 4.98 Å². The summed E-state index contributed by atoms with van der Waals surface area (Å²) < 4.78 is 11.3. The number of ether oxygens (including phenoxy) is 2. The van der Waals surface area contributed by atoms with Crippen LogP contribution in [-0.2, 0) is 6.54 Å². The van der Waals surface area contributed by atoms with Crippen molar-refractivity contribution in [2.45, 2.75) is 32.7 Å². The molecule has 7 heteroatoms. The zero-order valence-electron chi connectivity index (χ0n) is 18.1. The van der Waals surface area contributed by atoms with Gasteiger partial charge in [-0.1, -0.05) is 6.42 Å². The Bertz CT molecular complexity index is 788. The Hall–Kier alpha value is -2.80. The molecule has 1 aromatic heterocycles. The van der Waals surface area contributed by atoms with Gasteiger partial charge in [-0.2, -0.15) is 0 Å². The summed E-state index contributed by atoms with van der Waals surface area (Å²) >= 11 is 0. The fourth-order valence-corrected chi connectivity index (χ4v) is 3.43. The first-order chi connectivity index (χ1) is 14.8. The number of piperidine rings is 1. The van der Waals surface area contributed by atoms with Crippen molar-refractivity contribution in [3.8, 4) is 17.4 Å². The van der Waals surface area contributed by atoms with Crippen molar-refractivity contribution in [2.24, 2.45) is 4.99 Å². The van der Waals surface area contributed by atoms with E-state index in [2.05, 4.69) is 25.5 Å². The van der Waals surface area contributed by atoms with Gasteiger partial charge in [-0.3, -0.25) is 4.99 Å². The molecule has 2 heterocycles. The van der Waals surface area contributed by atoms with Crippen LogP contribution in [0.3, 0.4) is 0 Å². The highest BCUT2D eigenvalue weighted by molar-refractivity contribution is 5.79. The monoisotopic (exact) mass is 411 g/mol. The van der Waals surface area contributed by atoms with Crippen LogP contribution in [-0.4, -0.2) is 55.7 Å². The van der Waals surface area contributed by atoms with E-state index < -0.39 is 0 Å². The van der Waals surface area contributed by atoms with Gasteiger partial charge in [0.05, 0.1) is 6.61 Å². The molecular formula is C23H33N5O2. The Morgan fingerprint density at radius 3 is 2.57 bits per heavy atom. The third-order valence-electron chi connectivity index (χ3n) is 5.01. The topological polar surface area (TPSA) is 71.0 Å². The standard InChI is InChI=1S/C23H33N5O2/c1-3-29-20-7-9-21(10-8-20)30-22-17-19(11-12-25-22)18-27-23(24-2)26-13-16-28-14-5-4-6-15-28/h7-12,17H,3-6,13-16,18H2,1-2H3,(H2,24,26,27). The quantitative estimate of drug-likeness (QED) is 0.487. The van der Waals surface area contributed by atoms with Gasteiger partial charge in [-0.15, -0.1) is 0 Å². The van der Waals surface area contributed by atoms with Gasteiger partial charge >= 0.3 is 0 Å². The van der Waals surface area contributed by atoms with E-state index in [-0.39, 0.29) is 0 Å². The van der Waals surface area contributed by atoms with Crippen molar-refractivity contribution in [3.63, 3.8) is 0 Å². The number of aliphatic imine (C=N–C) groups is 1. The molecule has 0 aliphatic carbocycles. The predicted octanol–water partition coefficient (Wildman–Crippen LogP) is 3.42. The highest BCUT2D eigenvalue weighted by Gasteiger charge is 2.09. The summed E-state index contributed by atoms with van der Waals surface area (Å²) in [4.78, 5) is 11.1. The second kappa shape index (κ2) is 12.0. The molecule has 1 aliphatic rings. The maximum absolute atomic E-state index is 5.87. The summed E-state index contributed by atoms with van der Waals surface area (Å²) in [6.07, 6.45) is 5.75. The molecule has 1 aromatic carbocycles. The largest absolute Gasteiger partial charge is 0.494 e. The van der Waals surface area contributed by atoms with Crippen LogP contribution in [0.2, 0.25) is 0 Å². The average molecular weight is 412 g/mol. The normalized spacial score (nSPS) is 14.9. The van der Waals surface area contributed by atoms with Crippen molar-refractivity contribution in [1.82, 2.24) is 20.5 Å². The van der Waals surface area contributed by atoms with E-state index in [1.54, 1.807) is 13.2 Å². The van der Waals surface area contributed by atoms with E-state index in [9.17, 15) is 0 Å². The molecule has 7 nitrogen and oxygen atoms in total. The van der Waals surface area contributed by atoms with Crippen LogP contribution < -0.4 is 20.1 Å². The van der Waals surface area contributed by atoms with Crippen LogP contribution in [0.4, 0.5) is 0 Å². The fraction of sp³-hybridized carbons (Fsp3) is 0.478. The molecule has 0 atom stereocenters. The van der Waals surface area contributed by atoms with E-state index in [0.29, 0.717) is 19.0 Å². The molecule has 0 amide bonds. The number of nitrogens with zero attached hydrogens (tertiary/aromatic N) is 3. The van der Waals surface area contributed by atoms with Crippen molar-refractivity contribution < 1.29 is 9.47 Å². The number of rotatable bonds is 9. The van der Waals surface area contributed by atoms with Crippen molar-refractivity contribution in [3.05, 3.63) is 48.2 Å². The zero-order valence-corrected chi connectivity index (χ0v) is 18.1. The number of hydrogen-bond donors (Lipinski definition) is 2. The van der Waals surface area contributed by atoms with E-state index in [1.165, 1.54) is 32.4 Å². The van der Waals surface area contributed by atoms with E-state index >= 15 is 0 Å². The highest BCUT2D eigenvalue weighted by atomic mass is 16.5. The van der Waals surface area contributed by atoms with Crippen LogP contribution in [0.25, 0.3) is 0 Å². The zero-order chi connectivity index (χ0) is 21.0. The first-order valence-electron chi connectivity index (χ1n) is 10.8. The van der Waals surface area contributed by atoms with Crippen molar-refractivity contribution >= 4 is 5.96 Å². The molecule has 1 saturated heterocycles. The molecule has 1 fully saturated rings. The first kappa shape index (κ1) is 21.9. The van der Waals surface area contributed by atoms with Gasteiger partial charge in [0.25, 0.3) is 0 Å². The molecule has 1 aliphatic heterocycles. The van der Waals surface area contributed by atoms with Gasteiger partial charge in [0, 0.05) is 38.9 Å². The van der Waals surface area contributed by atoms with Gasteiger partial charge < -0.3 is 25.0 Å². The van der Waals surface area contributed by atoms with Crippen molar-refractivity contribution in [1.29, 1.82) is 0 Å². The van der Waals surface area contributed by atoms with E-state index in [4.69, 9.17) is 9.47 Å². The number of pyridine rings is 1. The third kappa shape index (κ3) is 7.22. The molecule has 0 bridgehead atoms. The van der Waals surface area contributed by atoms with Gasteiger partial charge in [-0.05, 0) is 68.8 Å². The number of hydrogen-bond acceptors (Lipinski definition) is 5. The third-order valence-corrected chi connectivity index (χ3v) is 5.01. The van der Waals surface area contributed by atoms with Crippen LogP contribution in [0.5, 0.6) is 17.4 Å². The second-order valence-corrected chi connectivity index (χ2v) is 7.26. The summed E-state index contributed by atoms with van der Waals surface area (Å²) in [5.74, 6) is 2.92. The van der Waals surface area contributed by atoms with E-state index in [0.717, 1.165) is 36.1 Å². The Balaban J connectivity index is 1.45. The maximum atomic E-state index is 5.87. The van der Waals surface area contributed by atoms with E-state index in [1.807, 2.05) is 43.3 Å². The fourth-order valence-electron chi connectivity index (χ4n) is 3.43.